The third kappa shape index (κ3) is 5.42. The molecule has 1 aliphatic rings. The summed E-state index contributed by atoms with van der Waals surface area (Å²) in [5, 5.41) is 0.503. The van der Waals surface area contributed by atoms with Gasteiger partial charge in [0.1, 0.15) is 5.52 Å². The molecule has 3 aromatic rings. The van der Waals surface area contributed by atoms with Crippen LogP contribution < -0.4 is 4.90 Å². The highest BCUT2D eigenvalue weighted by Crippen LogP contribution is 2.33. The summed E-state index contributed by atoms with van der Waals surface area (Å²) in [4.78, 5) is 22.0. The normalized spacial score (nSPS) is 14.9. The Morgan fingerprint density at radius 3 is 2.52 bits per heavy atom. The highest BCUT2D eigenvalue weighted by Gasteiger charge is 2.24. The second kappa shape index (κ2) is 10.1. The van der Waals surface area contributed by atoms with Crippen LogP contribution in [0.15, 0.2) is 53.4 Å². The number of anilines is 1. The molecule has 0 aliphatic carbocycles. The first-order chi connectivity index (χ1) is 14.4. The molecular formula is C21H24ClN3O4S2. The van der Waals surface area contributed by atoms with E-state index < -0.39 is 9.84 Å². The number of thiazole rings is 1. The van der Waals surface area contributed by atoms with E-state index in [1.165, 1.54) is 17.6 Å². The number of sulfone groups is 1. The first-order valence-corrected chi connectivity index (χ1v) is 12.4. The van der Waals surface area contributed by atoms with Crippen LogP contribution in [0.4, 0.5) is 5.13 Å². The predicted molar refractivity (Wildman–Crippen MR) is 125 cm³/mol. The molecule has 31 heavy (non-hydrogen) atoms. The van der Waals surface area contributed by atoms with Gasteiger partial charge in [-0.15, -0.1) is 12.4 Å². The molecule has 0 bridgehead atoms. The van der Waals surface area contributed by atoms with E-state index in [2.05, 4.69) is 9.88 Å². The molecule has 1 fully saturated rings. The number of carbonyl (C=O) groups is 1. The van der Waals surface area contributed by atoms with Gasteiger partial charge in [-0.1, -0.05) is 35.6 Å². The number of hydrogen-bond acceptors (Lipinski definition) is 7. The van der Waals surface area contributed by atoms with Crippen molar-refractivity contribution in [1.29, 1.82) is 0 Å². The summed E-state index contributed by atoms with van der Waals surface area (Å²) >= 11 is 1.33. The first kappa shape index (κ1) is 23.6. The Balaban J connectivity index is 0.00000272. The van der Waals surface area contributed by atoms with E-state index in [9.17, 15) is 13.2 Å². The lowest BCUT2D eigenvalue weighted by atomic mass is 10.2. The molecule has 1 amide bonds. The van der Waals surface area contributed by atoms with E-state index in [1.54, 1.807) is 29.2 Å². The minimum absolute atomic E-state index is 0. The van der Waals surface area contributed by atoms with Gasteiger partial charge < -0.3 is 4.74 Å². The lowest BCUT2D eigenvalue weighted by molar-refractivity contribution is 0.0391. The monoisotopic (exact) mass is 481 g/mol. The molecule has 166 valence electrons. The number of aromatic nitrogens is 1. The SMILES string of the molecule is CS(=O)(=O)c1cccc2sc(N(CCN3CCOCC3)C(=O)c3ccccc3)nc12.Cl. The number of para-hydroxylation sites is 1. The molecule has 0 spiro atoms. The minimum atomic E-state index is -3.43. The zero-order valence-corrected chi connectivity index (χ0v) is 19.5. The van der Waals surface area contributed by atoms with E-state index in [0.717, 1.165) is 17.8 Å². The first-order valence-electron chi connectivity index (χ1n) is 9.70. The lowest BCUT2D eigenvalue weighted by Gasteiger charge is -2.29. The maximum atomic E-state index is 13.3. The molecule has 0 radical (unpaired) electrons. The summed E-state index contributed by atoms with van der Waals surface area (Å²) in [6.45, 7) is 4.17. The number of rotatable bonds is 6. The Morgan fingerprint density at radius 2 is 1.84 bits per heavy atom. The summed E-state index contributed by atoms with van der Waals surface area (Å²) in [5.74, 6) is -0.149. The predicted octanol–water partition coefficient (Wildman–Crippen LogP) is 3.10. The maximum Gasteiger partial charge on any atom is 0.260 e. The molecule has 1 aliphatic heterocycles. The van der Waals surface area contributed by atoms with Crippen LogP contribution in [-0.2, 0) is 14.6 Å². The molecule has 1 aromatic heterocycles. The highest BCUT2D eigenvalue weighted by atomic mass is 35.5. The van der Waals surface area contributed by atoms with Crippen LogP contribution in [-0.4, -0.2) is 69.9 Å². The van der Waals surface area contributed by atoms with E-state index in [0.29, 0.717) is 42.5 Å². The van der Waals surface area contributed by atoms with Crippen molar-refractivity contribution >= 4 is 54.8 Å². The second-order valence-electron chi connectivity index (χ2n) is 7.15. The summed E-state index contributed by atoms with van der Waals surface area (Å²) in [6, 6.07) is 14.2. The van der Waals surface area contributed by atoms with E-state index in [4.69, 9.17) is 4.74 Å². The van der Waals surface area contributed by atoms with Gasteiger partial charge in [0.2, 0.25) is 0 Å². The van der Waals surface area contributed by atoms with Crippen molar-refractivity contribution in [3.05, 3.63) is 54.1 Å². The fraction of sp³-hybridized carbons (Fsp3) is 0.333. The van der Waals surface area contributed by atoms with Crippen molar-refractivity contribution in [1.82, 2.24) is 9.88 Å². The zero-order valence-electron chi connectivity index (χ0n) is 17.1. The number of fused-ring (bicyclic) bond motifs is 1. The van der Waals surface area contributed by atoms with Crippen molar-refractivity contribution in [2.75, 3.05) is 50.5 Å². The number of hydrogen-bond donors (Lipinski definition) is 0. The molecule has 0 saturated carbocycles. The zero-order chi connectivity index (χ0) is 21.1. The third-order valence-corrected chi connectivity index (χ3v) is 7.18. The summed E-state index contributed by atoms with van der Waals surface area (Å²) in [7, 11) is -3.43. The molecule has 2 heterocycles. The van der Waals surface area contributed by atoms with E-state index >= 15 is 0 Å². The molecule has 1 saturated heterocycles. The van der Waals surface area contributed by atoms with Gasteiger partial charge in [0, 0.05) is 38.0 Å². The average Bonchev–Trinajstić information content (AvgIpc) is 3.18. The van der Waals surface area contributed by atoms with Crippen LogP contribution in [0.2, 0.25) is 0 Å². The number of morpholine rings is 1. The van der Waals surface area contributed by atoms with Crippen LogP contribution in [0.3, 0.4) is 0 Å². The van der Waals surface area contributed by atoms with Crippen molar-refractivity contribution in [3.8, 4) is 0 Å². The third-order valence-electron chi connectivity index (χ3n) is 5.01. The number of nitrogens with zero attached hydrogens (tertiary/aromatic N) is 3. The van der Waals surface area contributed by atoms with Crippen LogP contribution in [0.5, 0.6) is 0 Å². The molecule has 4 rings (SSSR count). The maximum absolute atomic E-state index is 13.3. The number of ether oxygens (including phenoxy) is 1. The van der Waals surface area contributed by atoms with Gasteiger partial charge in [-0.3, -0.25) is 14.6 Å². The lowest BCUT2D eigenvalue weighted by Crippen LogP contribution is -2.43. The van der Waals surface area contributed by atoms with Gasteiger partial charge in [-0.25, -0.2) is 13.4 Å². The van der Waals surface area contributed by atoms with Crippen molar-refractivity contribution < 1.29 is 17.9 Å². The smallest absolute Gasteiger partial charge is 0.260 e. The van der Waals surface area contributed by atoms with Crippen molar-refractivity contribution in [2.45, 2.75) is 4.90 Å². The summed E-state index contributed by atoms with van der Waals surface area (Å²) in [5.41, 5.74) is 0.985. The number of carbonyl (C=O) groups excluding carboxylic acids is 1. The largest absolute Gasteiger partial charge is 0.379 e. The fourth-order valence-electron chi connectivity index (χ4n) is 3.41. The number of halogens is 1. The molecule has 0 unspecified atom stereocenters. The number of benzene rings is 2. The van der Waals surface area contributed by atoms with Crippen LogP contribution in [0.25, 0.3) is 10.2 Å². The van der Waals surface area contributed by atoms with Gasteiger partial charge in [0.05, 0.1) is 22.8 Å². The van der Waals surface area contributed by atoms with Crippen molar-refractivity contribution in [2.24, 2.45) is 0 Å². The van der Waals surface area contributed by atoms with E-state index in [-0.39, 0.29) is 23.2 Å². The quantitative estimate of drug-likeness (QED) is 0.538. The fourth-order valence-corrected chi connectivity index (χ4v) is 5.33. The van der Waals surface area contributed by atoms with Crippen LogP contribution in [0, 0.1) is 0 Å². The molecule has 10 heteroatoms. The van der Waals surface area contributed by atoms with Gasteiger partial charge in [0.25, 0.3) is 5.91 Å². The van der Waals surface area contributed by atoms with Crippen LogP contribution in [0.1, 0.15) is 10.4 Å². The molecule has 7 nitrogen and oxygen atoms in total. The van der Waals surface area contributed by atoms with Gasteiger partial charge in [-0.05, 0) is 24.3 Å². The Labute approximate surface area is 192 Å². The molecule has 0 N–H and O–H groups in total. The van der Waals surface area contributed by atoms with E-state index in [1.807, 2.05) is 24.3 Å². The highest BCUT2D eigenvalue weighted by molar-refractivity contribution is 7.91. The Kier molecular flexibility index (Phi) is 7.66. The van der Waals surface area contributed by atoms with Crippen molar-refractivity contribution in [3.63, 3.8) is 0 Å². The Hall–Kier alpha value is -2.04. The summed E-state index contributed by atoms with van der Waals surface area (Å²) in [6.07, 6.45) is 1.17. The van der Waals surface area contributed by atoms with Gasteiger partial charge in [-0.2, -0.15) is 0 Å². The Bertz CT molecular complexity index is 1150. The topological polar surface area (TPSA) is 79.8 Å². The van der Waals surface area contributed by atoms with Crippen LogP contribution >= 0.6 is 23.7 Å². The molecular weight excluding hydrogens is 458 g/mol. The van der Waals surface area contributed by atoms with Gasteiger partial charge >= 0.3 is 0 Å². The summed E-state index contributed by atoms with van der Waals surface area (Å²) < 4.78 is 30.5. The average molecular weight is 482 g/mol. The second-order valence-corrected chi connectivity index (χ2v) is 10.1. The standard InChI is InChI=1S/C21H23N3O4S2.ClH/c1-30(26,27)18-9-5-8-17-19(18)22-21(29-17)24(11-10-23-12-14-28-15-13-23)20(25)16-6-3-2-4-7-16;/h2-9H,10-15H2,1H3;1H. The molecule has 0 atom stereocenters. The Morgan fingerprint density at radius 1 is 1.13 bits per heavy atom. The van der Waals surface area contributed by atoms with Gasteiger partial charge in [0.15, 0.2) is 15.0 Å². The minimum Gasteiger partial charge on any atom is -0.379 e. The number of amides is 1. The molecule has 2 aromatic carbocycles.